The smallest absolute Gasteiger partial charge is 0.259 e. The SMILES string of the molecule is Cc1onc(-c2ccccc2Cl)c1C(=O)N1CCOC(COc2cccc(Cl)c2)(CC(=O)N2CCCCC2)C1. The van der Waals surface area contributed by atoms with Crippen molar-refractivity contribution in [2.24, 2.45) is 0 Å². The van der Waals surface area contributed by atoms with Crippen molar-refractivity contribution < 1.29 is 23.6 Å². The maximum absolute atomic E-state index is 14.0. The molecule has 0 saturated carbocycles. The van der Waals surface area contributed by atoms with Crippen LogP contribution in [0.15, 0.2) is 53.1 Å². The molecule has 8 nitrogen and oxygen atoms in total. The van der Waals surface area contributed by atoms with E-state index in [1.807, 2.05) is 17.0 Å². The van der Waals surface area contributed by atoms with Crippen LogP contribution in [0.5, 0.6) is 5.75 Å². The van der Waals surface area contributed by atoms with Crippen molar-refractivity contribution in [1.82, 2.24) is 15.0 Å². The summed E-state index contributed by atoms with van der Waals surface area (Å²) in [6.45, 7) is 4.01. The fourth-order valence-electron chi connectivity index (χ4n) is 5.19. The average Bonchev–Trinajstić information content (AvgIpc) is 3.33. The molecule has 0 radical (unpaired) electrons. The van der Waals surface area contributed by atoms with E-state index in [1.165, 1.54) is 0 Å². The van der Waals surface area contributed by atoms with Gasteiger partial charge in [0.2, 0.25) is 5.91 Å². The summed E-state index contributed by atoms with van der Waals surface area (Å²) < 4.78 is 17.8. The molecule has 2 aliphatic heterocycles. The highest BCUT2D eigenvalue weighted by Crippen LogP contribution is 2.33. The minimum atomic E-state index is -1.04. The van der Waals surface area contributed by atoms with E-state index in [2.05, 4.69) is 5.16 Å². The Bertz CT molecular complexity index is 1340. The van der Waals surface area contributed by atoms with E-state index >= 15 is 0 Å². The van der Waals surface area contributed by atoms with Gasteiger partial charge < -0.3 is 23.8 Å². The Balaban J connectivity index is 1.41. The summed E-state index contributed by atoms with van der Waals surface area (Å²) in [7, 11) is 0. The van der Waals surface area contributed by atoms with Crippen molar-refractivity contribution in [2.45, 2.75) is 38.2 Å². The van der Waals surface area contributed by atoms with Gasteiger partial charge in [-0.05, 0) is 50.5 Å². The highest BCUT2D eigenvalue weighted by Gasteiger charge is 2.43. The van der Waals surface area contributed by atoms with E-state index in [9.17, 15) is 9.59 Å². The molecule has 0 spiro atoms. The van der Waals surface area contributed by atoms with E-state index in [1.54, 1.807) is 48.2 Å². The van der Waals surface area contributed by atoms with Crippen molar-refractivity contribution >= 4 is 35.0 Å². The zero-order chi connectivity index (χ0) is 27.4. The van der Waals surface area contributed by atoms with Crippen LogP contribution in [0, 0.1) is 6.92 Å². The summed E-state index contributed by atoms with van der Waals surface area (Å²) in [5.74, 6) is 0.697. The molecule has 2 saturated heterocycles. The topological polar surface area (TPSA) is 85.1 Å². The first kappa shape index (κ1) is 27.5. The zero-order valence-electron chi connectivity index (χ0n) is 21.8. The summed E-state index contributed by atoms with van der Waals surface area (Å²) in [6.07, 6.45) is 3.19. The van der Waals surface area contributed by atoms with E-state index < -0.39 is 5.60 Å². The third-order valence-electron chi connectivity index (χ3n) is 7.22. The van der Waals surface area contributed by atoms with Crippen LogP contribution in [0.2, 0.25) is 10.0 Å². The fraction of sp³-hybridized carbons (Fsp3) is 0.414. The molecule has 2 amide bonds. The van der Waals surface area contributed by atoms with Crippen molar-refractivity contribution in [1.29, 1.82) is 0 Å². The van der Waals surface area contributed by atoms with Crippen LogP contribution in [0.25, 0.3) is 11.3 Å². The first-order valence-corrected chi connectivity index (χ1v) is 13.9. The maximum atomic E-state index is 14.0. The number of nitrogens with zero attached hydrogens (tertiary/aromatic N) is 3. The molecular weight excluding hydrogens is 541 g/mol. The molecule has 0 aliphatic carbocycles. The summed E-state index contributed by atoms with van der Waals surface area (Å²) in [4.78, 5) is 30.9. The zero-order valence-corrected chi connectivity index (χ0v) is 23.3. The quantitative estimate of drug-likeness (QED) is 0.364. The standard InChI is InChI=1S/C29H31Cl2N3O5/c1-20-26(27(32-39-20)23-10-3-4-11-24(23)31)28(36)34-14-15-38-29(18-34,17-25(35)33-12-5-2-6-13-33)19-37-22-9-7-8-21(30)16-22/h3-4,7-11,16H,2,5-6,12-15,17-19H2,1H3. The second-order valence-electron chi connectivity index (χ2n) is 10.1. The van der Waals surface area contributed by atoms with Crippen LogP contribution in [0.4, 0.5) is 0 Å². The van der Waals surface area contributed by atoms with Gasteiger partial charge >= 0.3 is 0 Å². The van der Waals surface area contributed by atoms with Crippen molar-refractivity contribution in [3.05, 3.63) is 69.9 Å². The minimum Gasteiger partial charge on any atom is -0.490 e. The summed E-state index contributed by atoms with van der Waals surface area (Å²) >= 11 is 12.6. The average molecular weight is 572 g/mol. The number of likely N-dealkylation sites (tertiary alicyclic amines) is 1. The second-order valence-corrected chi connectivity index (χ2v) is 10.9. The molecule has 1 aromatic heterocycles. The lowest BCUT2D eigenvalue weighted by Gasteiger charge is -2.43. The van der Waals surface area contributed by atoms with Gasteiger partial charge in [0.25, 0.3) is 5.91 Å². The molecule has 0 bridgehead atoms. The lowest BCUT2D eigenvalue weighted by molar-refractivity contribution is -0.153. The molecule has 2 aliphatic rings. The largest absolute Gasteiger partial charge is 0.490 e. The van der Waals surface area contributed by atoms with Gasteiger partial charge in [0, 0.05) is 30.2 Å². The second kappa shape index (κ2) is 12.0. The Morgan fingerprint density at radius 2 is 1.82 bits per heavy atom. The van der Waals surface area contributed by atoms with Crippen LogP contribution >= 0.6 is 23.2 Å². The summed E-state index contributed by atoms with van der Waals surface area (Å²) in [5.41, 5.74) is 0.306. The lowest BCUT2D eigenvalue weighted by atomic mass is 9.95. The fourth-order valence-corrected chi connectivity index (χ4v) is 5.59. The Morgan fingerprint density at radius 3 is 2.59 bits per heavy atom. The van der Waals surface area contributed by atoms with Gasteiger partial charge in [0.15, 0.2) is 0 Å². The van der Waals surface area contributed by atoms with Gasteiger partial charge in [-0.15, -0.1) is 0 Å². The minimum absolute atomic E-state index is 0.00314. The van der Waals surface area contributed by atoms with E-state index in [0.29, 0.717) is 44.9 Å². The Hall–Kier alpha value is -3.07. The molecule has 1 atom stereocenters. The van der Waals surface area contributed by atoms with Gasteiger partial charge in [0.1, 0.15) is 35.0 Å². The number of ether oxygens (including phenoxy) is 2. The molecule has 39 heavy (non-hydrogen) atoms. The van der Waals surface area contributed by atoms with Crippen molar-refractivity contribution in [3.63, 3.8) is 0 Å². The van der Waals surface area contributed by atoms with Crippen molar-refractivity contribution in [2.75, 3.05) is 39.4 Å². The number of aromatic nitrogens is 1. The molecule has 2 aromatic carbocycles. The number of hydrogen-bond acceptors (Lipinski definition) is 6. The predicted octanol–water partition coefficient (Wildman–Crippen LogP) is 5.65. The molecule has 1 unspecified atom stereocenters. The number of halogens is 2. The Labute approximate surface area is 237 Å². The number of hydrogen-bond donors (Lipinski definition) is 0. The van der Waals surface area contributed by atoms with Gasteiger partial charge in [0.05, 0.1) is 24.6 Å². The number of aryl methyl sites for hydroxylation is 1. The predicted molar refractivity (Wildman–Crippen MR) is 148 cm³/mol. The summed E-state index contributed by atoms with van der Waals surface area (Å²) in [5, 5.41) is 5.17. The molecule has 10 heteroatoms. The number of amides is 2. The molecule has 3 heterocycles. The highest BCUT2D eigenvalue weighted by atomic mass is 35.5. The first-order valence-electron chi connectivity index (χ1n) is 13.2. The van der Waals surface area contributed by atoms with Crippen LogP contribution in [-0.2, 0) is 9.53 Å². The van der Waals surface area contributed by atoms with Crippen LogP contribution in [-0.4, -0.2) is 71.8 Å². The van der Waals surface area contributed by atoms with Crippen LogP contribution in [0.3, 0.4) is 0 Å². The van der Waals surface area contributed by atoms with Gasteiger partial charge in [-0.25, -0.2) is 0 Å². The van der Waals surface area contributed by atoms with Crippen molar-refractivity contribution in [3.8, 4) is 17.0 Å². The van der Waals surface area contributed by atoms with Crippen LogP contribution in [0.1, 0.15) is 41.8 Å². The third-order valence-corrected chi connectivity index (χ3v) is 7.79. The Morgan fingerprint density at radius 1 is 1.03 bits per heavy atom. The number of benzene rings is 2. The number of carbonyl (C=O) groups excluding carboxylic acids is 2. The molecule has 206 valence electrons. The van der Waals surface area contributed by atoms with Gasteiger partial charge in [-0.2, -0.15) is 0 Å². The number of morpholine rings is 1. The molecule has 3 aromatic rings. The Kier molecular flexibility index (Phi) is 8.45. The normalized spacial score (nSPS) is 19.7. The number of carbonyl (C=O) groups is 2. The highest BCUT2D eigenvalue weighted by molar-refractivity contribution is 6.33. The van der Waals surface area contributed by atoms with E-state index in [0.717, 1.165) is 32.4 Å². The van der Waals surface area contributed by atoms with Gasteiger partial charge in [-0.3, -0.25) is 9.59 Å². The number of rotatable bonds is 7. The first-order chi connectivity index (χ1) is 18.8. The lowest BCUT2D eigenvalue weighted by Crippen LogP contribution is -2.58. The van der Waals surface area contributed by atoms with Gasteiger partial charge in [-0.1, -0.05) is 52.6 Å². The molecule has 0 N–H and O–H groups in total. The van der Waals surface area contributed by atoms with E-state index in [4.69, 9.17) is 37.2 Å². The third kappa shape index (κ3) is 6.24. The monoisotopic (exact) mass is 571 g/mol. The molecule has 2 fully saturated rings. The van der Waals surface area contributed by atoms with E-state index in [-0.39, 0.29) is 38.0 Å². The van der Waals surface area contributed by atoms with Crippen LogP contribution < -0.4 is 4.74 Å². The molecular formula is C29H31Cl2N3O5. The molecule has 5 rings (SSSR count). The maximum Gasteiger partial charge on any atom is 0.259 e. The summed E-state index contributed by atoms with van der Waals surface area (Å²) in [6, 6.07) is 14.3. The number of piperidine rings is 1.